The van der Waals surface area contributed by atoms with Crippen LogP contribution in [-0.4, -0.2) is 26.7 Å². The second kappa shape index (κ2) is 6.91. The van der Waals surface area contributed by atoms with E-state index >= 15 is 0 Å². The summed E-state index contributed by atoms with van der Waals surface area (Å²) in [6.07, 6.45) is -0.208. The number of carbonyl (C=O) groups is 1. The van der Waals surface area contributed by atoms with E-state index in [2.05, 4.69) is 9.46 Å². The standard InChI is InChI=1S/C13H16N2O4S/c1-3-19-13(16)6-7-20(17,18)15-12-8-11(9-14)5-4-10(12)2/h4-5,8,15H,3,6-7H2,1-2H3. The largest absolute Gasteiger partial charge is 0.466 e. The van der Waals surface area contributed by atoms with Gasteiger partial charge >= 0.3 is 5.97 Å². The predicted octanol–water partition coefficient (Wildman–Crippen LogP) is 1.56. The summed E-state index contributed by atoms with van der Waals surface area (Å²) in [7, 11) is -3.66. The van der Waals surface area contributed by atoms with Crippen LogP contribution in [0.1, 0.15) is 24.5 Å². The maximum atomic E-state index is 11.9. The molecule has 0 atom stereocenters. The topological polar surface area (TPSA) is 96.3 Å². The zero-order valence-electron chi connectivity index (χ0n) is 11.3. The highest BCUT2D eigenvalue weighted by Gasteiger charge is 2.15. The number of nitrogens with zero attached hydrogens (tertiary/aromatic N) is 1. The van der Waals surface area contributed by atoms with E-state index in [9.17, 15) is 13.2 Å². The van der Waals surface area contributed by atoms with Gasteiger partial charge in [0.05, 0.1) is 36.1 Å². The van der Waals surface area contributed by atoms with Crippen molar-refractivity contribution in [3.8, 4) is 6.07 Å². The summed E-state index contributed by atoms with van der Waals surface area (Å²) in [4.78, 5) is 11.2. The van der Waals surface area contributed by atoms with Crippen molar-refractivity contribution in [2.75, 3.05) is 17.1 Å². The molecule has 0 unspecified atom stereocenters. The number of ether oxygens (including phenoxy) is 1. The molecule has 7 heteroatoms. The Labute approximate surface area is 118 Å². The van der Waals surface area contributed by atoms with E-state index in [1.54, 1.807) is 26.0 Å². The number of aryl methyl sites for hydroxylation is 1. The molecule has 0 spiro atoms. The Kier molecular flexibility index (Phi) is 5.53. The molecule has 0 aliphatic carbocycles. The van der Waals surface area contributed by atoms with Gasteiger partial charge in [-0.05, 0) is 31.5 Å². The lowest BCUT2D eigenvalue weighted by Crippen LogP contribution is -2.20. The number of anilines is 1. The van der Waals surface area contributed by atoms with Gasteiger partial charge in [-0.25, -0.2) is 8.42 Å². The lowest BCUT2D eigenvalue weighted by molar-refractivity contribution is -0.142. The Bertz CT molecular complexity index is 632. The quantitative estimate of drug-likeness (QED) is 0.804. The van der Waals surface area contributed by atoms with E-state index in [4.69, 9.17) is 5.26 Å². The van der Waals surface area contributed by atoms with Crippen molar-refractivity contribution in [2.24, 2.45) is 0 Å². The van der Waals surface area contributed by atoms with Gasteiger partial charge in [-0.2, -0.15) is 5.26 Å². The molecule has 108 valence electrons. The highest BCUT2D eigenvalue weighted by Crippen LogP contribution is 2.18. The number of benzene rings is 1. The molecule has 6 nitrogen and oxygen atoms in total. The van der Waals surface area contributed by atoms with E-state index in [1.165, 1.54) is 6.07 Å². The first-order valence-corrected chi connectivity index (χ1v) is 7.70. The Morgan fingerprint density at radius 2 is 2.15 bits per heavy atom. The Balaban J connectivity index is 2.76. The second-order valence-electron chi connectivity index (χ2n) is 4.12. The third-order valence-corrected chi connectivity index (χ3v) is 3.78. The van der Waals surface area contributed by atoms with E-state index in [1.807, 2.05) is 6.07 Å². The van der Waals surface area contributed by atoms with Crippen LogP contribution in [0.15, 0.2) is 18.2 Å². The number of rotatable bonds is 6. The van der Waals surface area contributed by atoms with Crippen molar-refractivity contribution < 1.29 is 17.9 Å². The van der Waals surface area contributed by atoms with Crippen LogP contribution < -0.4 is 4.72 Å². The minimum atomic E-state index is -3.66. The molecule has 0 amide bonds. The molecule has 0 radical (unpaired) electrons. The first-order chi connectivity index (χ1) is 9.38. The zero-order valence-corrected chi connectivity index (χ0v) is 12.2. The second-order valence-corrected chi connectivity index (χ2v) is 5.96. The van der Waals surface area contributed by atoms with E-state index in [0.29, 0.717) is 16.8 Å². The smallest absolute Gasteiger partial charge is 0.306 e. The van der Waals surface area contributed by atoms with Crippen LogP contribution in [0.3, 0.4) is 0 Å². The highest BCUT2D eigenvalue weighted by molar-refractivity contribution is 7.92. The summed E-state index contributed by atoms with van der Waals surface area (Å²) in [6.45, 7) is 3.60. The van der Waals surface area contributed by atoms with Crippen LogP contribution in [0.25, 0.3) is 0 Å². The van der Waals surface area contributed by atoms with E-state index < -0.39 is 16.0 Å². The number of hydrogen-bond acceptors (Lipinski definition) is 5. The lowest BCUT2D eigenvalue weighted by Gasteiger charge is -2.10. The first kappa shape index (κ1) is 16.0. The van der Waals surface area contributed by atoms with Gasteiger partial charge in [-0.1, -0.05) is 6.07 Å². The molecule has 1 rings (SSSR count). The van der Waals surface area contributed by atoms with Crippen LogP contribution >= 0.6 is 0 Å². The molecule has 0 aliphatic heterocycles. The Morgan fingerprint density at radius 1 is 1.45 bits per heavy atom. The van der Waals surface area contributed by atoms with E-state index in [-0.39, 0.29) is 18.8 Å². The minimum Gasteiger partial charge on any atom is -0.466 e. The average molecular weight is 296 g/mol. The summed E-state index contributed by atoms with van der Waals surface area (Å²) in [5, 5.41) is 8.80. The van der Waals surface area contributed by atoms with Crippen LogP contribution in [-0.2, 0) is 19.6 Å². The van der Waals surface area contributed by atoms with Crippen molar-refractivity contribution in [1.29, 1.82) is 5.26 Å². The van der Waals surface area contributed by atoms with Gasteiger partial charge in [0.15, 0.2) is 0 Å². The summed E-state index contributed by atoms with van der Waals surface area (Å²) in [6, 6.07) is 6.65. The van der Waals surface area contributed by atoms with Crippen LogP contribution in [0, 0.1) is 18.3 Å². The first-order valence-electron chi connectivity index (χ1n) is 6.05. The number of hydrogen-bond donors (Lipinski definition) is 1. The number of nitriles is 1. The summed E-state index contributed by atoms with van der Waals surface area (Å²) in [5.41, 5.74) is 1.40. The van der Waals surface area contributed by atoms with Gasteiger partial charge in [0, 0.05) is 0 Å². The van der Waals surface area contributed by atoms with Crippen molar-refractivity contribution >= 4 is 21.7 Å². The molecule has 1 aromatic rings. The Hall–Kier alpha value is -2.07. The predicted molar refractivity (Wildman–Crippen MR) is 74.6 cm³/mol. The SMILES string of the molecule is CCOC(=O)CCS(=O)(=O)Nc1cc(C#N)ccc1C. The third-order valence-electron chi connectivity index (χ3n) is 2.51. The minimum absolute atomic E-state index is 0.208. The van der Waals surface area contributed by atoms with Gasteiger partial charge < -0.3 is 4.74 Å². The van der Waals surface area contributed by atoms with E-state index in [0.717, 1.165) is 0 Å². The van der Waals surface area contributed by atoms with Crippen molar-refractivity contribution in [2.45, 2.75) is 20.3 Å². The summed E-state index contributed by atoms with van der Waals surface area (Å²) >= 11 is 0. The maximum Gasteiger partial charge on any atom is 0.306 e. The maximum absolute atomic E-state index is 11.9. The molecular weight excluding hydrogens is 280 g/mol. The van der Waals surface area contributed by atoms with Crippen LogP contribution in [0.5, 0.6) is 0 Å². The molecular formula is C13H16N2O4S. The number of sulfonamides is 1. The van der Waals surface area contributed by atoms with Crippen molar-refractivity contribution in [1.82, 2.24) is 0 Å². The normalized spacial score (nSPS) is 10.7. The molecule has 1 aromatic carbocycles. The molecule has 0 aromatic heterocycles. The monoisotopic (exact) mass is 296 g/mol. The van der Waals surface area contributed by atoms with Gasteiger partial charge in [0.25, 0.3) is 0 Å². The van der Waals surface area contributed by atoms with Gasteiger partial charge in [-0.3, -0.25) is 9.52 Å². The van der Waals surface area contributed by atoms with Gasteiger partial charge in [0.2, 0.25) is 10.0 Å². The number of nitrogens with one attached hydrogen (secondary N) is 1. The molecule has 0 heterocycles. The molecule has 20 heavy (non-hydrogen) atoms. The fraction of sp³-hybridized carbons (Fsp3) is 0.385. The highest BCUT2D eigenvalue weighted by atomic mass is 32.2. The number of esters is 1. The molecule has 0 saturated carbocycles. The fourth-order valence-corrected chi connectivity index (χ4v) is 2.56. The van der Waals surface area contributed by atoms with Crippen LogP contribution in [0.2, 0.25) is 0 Å². The molecule has 1 N–H and O–H groups in total. The van der Waals surface area contributed by atoms with Gasteiger partial charge in [0.1, 0.15) is 0 Å². The number of carbonyl (C=O) groups excluding carboxylic acids is 1. The Morgan fingerprint density at radius 3 is 2.75 bits per heavy atom. The van der Waals surface area contributed by atoms with Crippen molar-refractivity contribution in [3.63, 3.8) is 0 Å². The molecule has 0 aliphatic rings. The molecule has 0 bridgehead atoms. The fourth-order valence-electron chi connectivity index (χ4n) is 1.47. The van der Waals surface area contributed by atoms with Crippen molar-refractivity contribution in [3.05, 3.63) is 29.3 Å². The lowest BCUT2D eigenvalue weighted by atomic mass is 10.1. The molecule has 0 fully saturated rings. The summed E-state index contributed by atoms with van der Waals surface area (Å²) in [5.74, 6) is -0.914. The summed E-state index contributed by atoms with van der Waals surface area (Å²) < 4.78 is 30.8. The van der Waals surface area contributed by atoms with Crippen LogP contribution in [0.4, 0.5) is 5.69 Å². The third kappa shape index (κ3) is 4.90. The zero-order chi connectivity index (χ0) is 15.2. The van der Waals surface area contributed by atoms with Gasteiger partial charge in [-0.15, -0.1) is 0 Å². The molecule has 0 saturated heterocycles. The average Bonchev–Trinajstić information content (AvgIpc) is 2.39.